The first kappa shape index (κ1) is 14.1. The maximum Gasteiger partial charge on any atom is 0.279 e. The molecule has 1 heterocycles. The van der Waals surface area contributed by atoms with E-state index in [9.17, 15) is 14.0 Å². The van der Waals surface area contributed by atoms with Gasteiger partial charge in [-0.1, -0.05) is 29.4 Å². The molecule has 1 aliphatic heterocycles. The Bertz CT molecular complexity index is 513. The number of thioether (sulfide) groups is 1. The number of hydrogen-bond acceptors (Lipinski definition) is 3. The highest BCUT2D eigenvalue weighted by Crippen LogP contribution is 2.17. The van der Waals surface area contributed by atoms with Crippen LogP contribution in [0.1, 0.15) is 5.56 Å². The lowest BCUT2D eigenvalue weighted by Gasteiger charge is -2.10. The SMILES string of the molecule is O=C1N[C@H](C(=O)NCCc2ccc(F)cc2Cl)CS1. The van der Waals surface area contributed by atoms with E-state index in [1.54, 1.807) is 6.07 Å². The first-order valence-electron chi connectivity index (χ1n) is 5.71. The smallest absolute Gasteiger partial charge is 0.279 e. The minimum absolute atomic E-state index is 0.179. The summed E-state index contributed by atoms with van der Waals surface area (Å²) in [6.07, 6.45) is 0.513. The summed E-state index contributed by atoms with van der Waals surface area (Å²) >= 11 is 6.97. The molecular formula is C12H12ClFN2O2S. The monoisotopic (exact) mass is 302 g/mol. The molecule has 0 saturated carbocycles. The van der Waals surface area contributed by atoms with E-state index in [-0.39, 0.29) is 17.0 Å². The lowest BCUT2D eigenvalue weighted by molar-refractivity contribution is -0.122. The second-order valence-electron chi connectivity index (χ2n) is 4.07. The van der Waals surface area contributed by atoms with Gasteiger partial charge in [-0.25, -0.2) is 4.39 Å². The van der Waals surface area contributed by atoms with Gasteiger partial charge in [-0.2, -0.15) is 0 Å². The minimum atomic E-state index is -0.471. The van der Waals surface area contributed by atoms with Crippen LogP contribution in [0.4, 0.5) is 9.18 Å². The van der Waals surface area contributed by atoms with Gasteiger partial charge in [0.15, 0.2) is 0 Å². The predicted octanol–water partition coefficient (Wildman–Crippen LogP) is 1.96. The standard InChI is InChI=1S/C12H12ClFN2O2S/c13-9-5-8(14)2-1-7(9)3-4-15-11(17)10-6-19-12(18)16-10/h1-2,5,10H,3-4,6H2,(H,15,17)(H,16,18)/t10-/m0/s1. The zero-order chi connectivity index (χ0) is 13.8. The van der Waals surface area contributed by atoms with E-state index in [0.717, 1.165) is 17.3 Å². The lowest BCUT2D eigenvalue weighted by atomic mass is 10.1. The van der Waals surface area contributed by atoms with Gasteiger partial charge < -0.3 is 10.6 Å². The maximum atomic E-state index is 12.8. The Kier molecular flexibility index (Phi) is 4.66. The van der Waals surface area contributed by atoms with Gasteiger partial charge in [-0.15, -0.1) is 0 Å². The number of nitrogens with one attached hydrogen (secondary N) is 2. The van der Waals surface area contributed by atoms with Crippen molar-refractivity contribution in [3.05, 3.63) is 34.6 Å². The van der Waals surface area contributed by atoms with Crippen molar-refractivity contribution in [2.45, 2.75) is 12.5 Å². The molecule has 0 unspecified atom stereocenters. The predicted molar refractivity (Wildman–Crippen MR) is 72.9 cm³/mol. The molecule has 0 aromatic heterocycles. The fraction of sp³-hybridized carbons (Fsp3) is 0.333. The Labute approximate surface area is 119 Å². The Morgan fingerprint density at radius 3 is 3.00 bits per heavy atom. The van der Waals surface area contributed by atoms with Gasteiger partial charge in [0.1, 0.15) is 11.9 Å². The first-order valence-corrected chi connectivity index (χ1v) is 7.07. The molecule has 7 heteroatoms. The van der Waals surface area contributed by atoms with Crippen molar-refractivity contribution in [1.29, 1.82) is 0 Å². The second-order valence-corrected chi connectivity index (χ2v) is 5.47. The highest BCUT2D eigenvalue weighted by Gasteiger charge is 2.27. The first-order chi connectivity index (χ1) is 9.06. The summed E-state index contributed by atoms with van der Waals surface area (Å²) in [6, 6.07) is 3.70. The molecule has 1 aliphatic rings. The molecule has 2 N–H and O–H groups in total. The highest BCUT2D eigenvalue weighted by atomic mass is 35.5. The normalized spacial score (nSPS) is 18.2. The maximum absolute atomic E-state index is 12.8. The minimum Gasteiger partial charge on any atom is -0.354 e. The van der Waals surface area contributed by atoms with Crippen LogP contribution in [0.5, 0.6) is 0 Å². The van der Waals surface area contributed by atoms with E-state index in [2.05, 4.69) is 10.6 Å². The van der Waals surface area contributed by atoms with E-state index in [1.165, 1.54) is 12.1 Å². The van der Waals surface area contributed by atoms with Gasteiger partial charge in [-0.05, 0) is 24.1 Å². The largest absolute Gasteiger partial charge is 0.354 e. The van der Waals surface area contributed by atoms with Crippen LogP contribution in [0.3, 0.4) is 0 Å². The molecule has 0 spiro atoms. The van der Waals surface area contributed by atoms with Gasteiger partial charge in [0.2, 0.25) is 5.91 Å². The Morgan fingerprint density at radius 2 is 2.37 bits per heavy atom. The van der Waals surface area contributed by atoms with E-state index < -0.39 is 6.04 Å². The molecule has 19 heavy (non-hydrogen) atoms. The second kappa shape index (κ2) is 6.25. The number of hydrogen-bond donors (Lipinski definition) is 2. The third-order valence-corrected chi connectivity index (χ3v) is 3.93. The van der Waals surface area contributed by atoms with E-state index in [4.69, 9.17) is 11.6 Å². The number of halogens is 2. The Morgan fingerprint density at radius 1 is 1.58 bits per heavy atom. The van der Waals surface area contributed by atoms with E-state index >= 15 is 0 Å². The lowest BCUT2D eigenvalue weighted by Crippen LogP contribution is -2.43. The van der Waals surface area contributed by atoms with Crippen LogP contribution in [0.2, 0.25) is 5.02 Å². The van der Waals surface area contributed by atoms with Crippen molar-refractivity contribution in [1.82, 2.24) is 10.6 Å². The molecule has 1 atom stereocenters. The Hall–Kier alpha value is -1.27. The third-order valence-electron chi connectivity index (χ3n) is 2.70. The van der Waals surface area contributed by atoms with Crippen LogP contribution in [-0.2, 0) is 11.2 Å². The number of carbonyl (C=O) groups excluding carboxylic acids is 2. The number of benzene rings is 1. The zero-order valence-corrected chi connectivity index (χ0v) is 11.5. The molecule has 1 saturated heterocycles. The van der Waals surface area contributed by atoms with Crippen molar-refractivity contribution in [2.75, 3.05) is 12.3 Å². The zero-order valence-electron chi connectivity index (χ0n) is 9.91. The number of rotatable bonds is 4. The van der Waals surface area contributed by atoms with Crippen molar-refractivity contribution < 1.29 is 14.0 Å². The summed E-state index contributed by atoms with van der Waals surface area (Å²) in [5.74, 6) is -0.151. The van der Waals surface area contributed by atoms with Gasteiger partial charge >= 0.3 is 0 Å². The molecule has 1 aromatic rings. The van der Waals surface area contributed by atoms with Crippen LogP contribution >= 0.6 is 23.4 Å². The fourth-order valence-corrected chi connectivity index (χ4v) is 2.73. The highest BCUT2D eigenvalue weighted by molar-refractivity contribution is 8.14. The summed E-state index contributed by atoms with van der Waals surface area (Å²) in [4.78, 5) is 22.6. The van der Waals surface area contributed by atoms with Crippen molar-refractivity contribution in [2.24, 2.45) is 0 Å². The molecule has 1 aromatic carbocycles. The van der Waals surface area contributed by atoms with Crippen LogP contribution in [-0.4, -0.2) is 29.5 Å². The van der Waals surface area contributed by atoms with Crippen LogP contribution in [0, 0.1) is 5.82 Å². The third kappa shape index (κ3) is 3.84. The van der Waals surface area contributed by atoms with Gasteiger partial charge in [-0.3, -0.25) is 9.59 Å². The summed E-state index contributed by atoms with van der Waals surface area (Å²) in [5.41, 5.74) is 0.771. The van der Waals surface area contributed by atoms with Crippen molar-refractivity contribution >= 4 is 34.5 Å². The molecule has 2 amide bonds. The van der Waals surface area contributed by atoms with Crippen LogP contribution < -0.4 is 10.6 Å². The fourth-order valence-electron chi connectivity index (χ4n) is 1.69. The number of amides is 2. The molecule has 0 aliphatic carbocycles. The number of carbonyl (C=O) groups is 2. The van der Waals surface area contributed by atoms with E-state index in [1.807, 2.05) is 0 Å². The van der Waals surface area contributed by atoms with Gasteiger partial charge in [0, 0.05) is 17.3 Å². The molecule has 4 nitrogen and oxygen atoms in total. The molecular weight excluding hydrogens is 291 g/mol. The summed E-state index contributed by atoms with van der Waals surface area (Å²) in [6.45, 7) is 0.390. The van der Waals surface area contributed by atoms with Gasteiger partial charge in [0.25, 0.3) is 5.24 Å². The molecule has 0 radical (unpaired) electrons. The molecule has 102 valence electrons. The summed E-state index contributed by atoms with van der Waals surface area (Å²) in [5, 5.41) is 5.44. The summed E-state index contributed by atoms with van der Waals surface area (Å²) < 4.78 is 12.8. The molecule has 0 bridgehead atoms. The Balaban J connectivity index is 1.80. The van der Waals surface area contributed by atoms with E-state index in [0.29, 0.717) is 23.7 Å². The topological polar surface area (TPSA) is 58.2 Å². The van der Waals surface area contributed by atoms with Crippen molar-refractivity contribution in [3.8, 4) is 0 Å². The van der Waals surface area contributed by atoms with Gasteiger partial charge in [0.05, 0.1) is 0 Å². The van der Waals surface area contributed by atoms with Crippen LogP contribution in [0.15, 0.2) is 18.2 Å². The molecule has 1 fully saturated rings. The summed E-state index contributed by atoms with van der Waals surface area (Å²) in [7, 11) is 0. The quantitative estimate of drug-likeness (QED) is 0.894. The molecule has 2 rings (SSSR count). The average molecular weight is 303 g/mol. The van der Waals surface area contributed by atoms with Crippen LogP contribution in [0.25, 0.3) is 0 Å². The average Bonchev–Trinajstić information content (AvgIpc) is 2.78. The van der Waals surface area contributed by atoms with Crippen molar-refractivity contribution in [3.63, 3.8) is 0 Å².